The van der Waals surface area contributed by atoms with Gasteiger partial charge < -0.3 is 0 Å². The van der Waals surface area contributed by atoms with Gasteiger partial charge in [0.25, 0.3) is 0 Å². The number of hydrogen-bond donors (Lipinski definition) is 0. The average Bonchev–Trinajstić information content (AvgIpc) is 2.43. The molecule has 0 aliphatic carbocycles. The Balaban J connectivity index is 2.45. The van der Waals surface area contributed by atoms with E-state index in [1.165, 1.54) is 25.8 Å². The monoisotopic (exact) mass is 378 g/mol. The highest BCUT2D eigenvalue weighted by Crippen LogP contribution is 2.35. The highest BCUT2D eigenvalue weighted by atomic mass is 127. The van der Waals surface area contributed by atoms with Crippen LogP contribution in [-0.4, -0.2) is 0 Å². The van der Waals surface area contributed by atoms with E-state index < -0.39 is 0 Å². The van der Waals surface area contributed by atoms with E-state index >= 15 is 0 Å². The van der Waals surface area contributed by atoms with E-state index in [9.17, 15) is 0 Å². The SMILES string of the molecule is CCC(C)(Cc1c(C)cccc1C)c1ccccc1I. The zero-order valence-electron chi connectivity index (χ0n) is 12.8. The molecule has 1 unspecified atom stereocenters. The summed E-state index contributed by atoms with van der Waals surface area (Å²) in [5.41, 5.74) is 6.02. The highest BCUT2D eigenvalue weighted by molar-refractivity contribution is 14.1. The van der Waals surface area contributed by atoms with Gasteiger partial charge in [0.1, 0.15) is 0 Å². The van der Waals surface area contributed by atoms with Crippen LogP contribution in [0.5, 0.6) is 0 Å². The Kier molecular flexibility index (Phi) is 4.90. The zero-order valence-corrected chi connectivity index (χ0v) is 15.0. The lowest BCUT2D eigenvalue weighted by Crippen LogP contribution is -2.26. The van der Waals surface area contributed by atoms with Crippen molar-refractivity contribution in [2.24, 2.45) is 0 Å². The molecular formula is C19H23I. The van der Waals surface area contributed by atoms with Crippen LogP contribution >= 0.6 is 22.6 Å². The van der Waals surface area contributed by atoms with Crippen LogP contribution in [0.3, 0.4) is 0 Å². The van der Waals surface area contributed by atoms with Crippen molar-refractivity contribution >= 4 is 22.6 Å². The number of aryl methyl sites for hydroxylation is 2. The topological polar surface area (TPSA) is 0 Å². The van der Waals surface area contributed by atoms with Crippen LogP contribution in [-0.2, 0) is 11.8 Å². The molecule has 0 aliphatic rings. The molecule has 0 amide bonds. The van der Waals surface area contributed by atoms with Gasteiger partial charge in [0.15, 0.2) is 0 Å². The summed E-state index contributed by atoms with van der Waals surface area (Å²) in [6.07, 6.45) is 2.27. The molecule has 106 valence electrons. The number of benzene rings is 2. The summed E-state index contributed by atoms with van der Waals surface area (Å²) in [5.74, 6) is 0. The lowest BCUT2D eigenvalue weighted by Gasteiger charge is -2.31. The molecule has 2 rings (SSSR count). The molecule has 0 aliphatic heterocycles. The fraction of sp³-hybridized carbons (Fsp3) is 0.368. The van der Waals surface area contributed by atoms with Crippen LogP contribution in [0.25, 0.3) is 0 Å². The first kappa shape index (κ1) is 15.6. The molecule has 0 spiro atoms. The minimum Gasteiger partial charge on any atom is -0.0645 e. The largest absolute Gasteiger partial charge is 0.0645 e. The molecule has 0 N–H and O–H groups in total. The van der Waals surface area contributed by atoms with Crippen molar-refractivity contribution in [3.05, 3.63) is 68.3 Å². The van der Waals surface area contributed by atoms with Crippen molar-refractivity contribution in [2.45, 2.75) is 46.0 Å². The minimum atomic E-state index is 0.203. The van der Waals surface area contributed by atoms with Crippen LogP contribution in [0.1, 0.15) is 42.5 Å². The van der Waals surface area contributed by atoms with Gasteiger partial charge in [-0.25, -0.2) is 0 Å². The second-order valence-corrected chi connectivity index (χ2v) is 7.10. The van der Waals surface area contributed by atoms with E-state index in [1.807, 2.05) is 0 Å². The summed E-state index contributed by atoms with van der Waals surface area (Å²) < 4.78 is 1.38. The minimum absolute atomic E-state index is 0.203. The summed E-state index contributed by atoms with van der Waals surface area (Å²) >= 11 is 2.47. The van der Waals surface area contributed by atoms with Crippen molar-refractivity contribution in [1.29, 1.82) is 0 Å². The van der Waals surface area contributed by atoms with Crippen LogP contribution in [0.2, 0.25) is 0 Å². The third-order valence-electron chi connectivity index (χ3n) is 4.52. The molecule has 20 heavy (non-hydrogen) atoms. The molecule has 0 bridgehead atoms. The molecule has 0 fully saturated rings. The first-order chi connectivity index (χ1) is 9.48. The van der Waals surface area contributed by atoms with E-state index in [0.29, 0.717) is 0 Å². The Hall–Kier alpha value is -0.830. The summed E-state index contributed by atoms with van der Waals surface area (Å²) in [6, 6.07) is 15.4. The van der Waals surface area contributed by atoms with Crippen LogP contribution < -0.4 is 0 Å². The van der Waals surface area contributed by atoms with Gasteiger partial charge in [0, 0.05) is 3.57 Å². The maximum Gasteiger partial charge on any atom is 0.0168 e. The van der Waals surface area contributed by atoms with Crippen molar-refractivity contribution in [3.63, 3.8) is 0 Å². The van der Waals surface area contributed by atoms with Crippen molar-refractivity contribution in [2.75, 3.05) is 0 Å². The van der Waals surface area contributed by atoms with Gasteiger partial charge in [-0.3, -0.25) is 0 Å². The Morgan fingerprint density at radius 2 is 1.55 bits per heavy atom. The van der Waals surface area contributed by atoms with Gasteiger partial charge in [0.05, 0.1) is 0 Å². The van der Waals surface area contributed by atoms with E-state index in [0.717, 1.165) is 12.8 Å². The molecular weight excluding hydrogens is 355 g/mol. The molecule has 0 radical (unpaired) electrons. The van der Waals surface area contributed by atoms with Gasteiger partial charge in [-0.1, -0.05) is 50.2 Å². The standard InChI is InChI=1S/C19H23I/c1-5-19(4,17-11-6-7-12-18(17)20)13-16-14(2)9-8-10-15(16)3/h6-12H,5,13H2,1-4H3. The van der Waals surface area contributed by atoms with Gasteiger partial charge in [-0.15, -0.1) is 0 Å². The highest BCUT2D eigenvalue weighted by Gasteiger charge is 2.27. The molecule has 0 saturated heterocycles. The van der Waals surface area contributed by atoms with Gasteiger partial charge in [-0.05, 0) is 83.0 Å². The van der Waals surface area contributed by atoms with E-state index in [4.69, 9.17) is 0 Å². The van der Waals surface area contributed by atoms with Crippen LogP contribution in [0, 0.1) is 17.4 Å². The molecule has 0 nitrogen and oxygen atoms in total. The van der Waals surface area contributed by atoms with Gasteiger partial charge in [0.2, 0.25) is 0 Å². The van der Waals surface area contributed by atoms with Crippen molar-refractivity contribution < 1.29 is 0 Å². The Labute approximate surface area is 136 Å². The van der Waals surface area contributed by atoms with Crippen molar-refractivity contribution in [1.82, 2.24) is 0 Å². The fourth-order valence-corrected chi connectivity index (χ4v) is 3.92. The first-order valence-electron chi connectivity index (χ1n) is 7.28. The maximum absolute atomic E-state index is 2.47. The molecule has 0 heterocycles. The van der Waals surface area contributed by atoms with E-state index in [-0.39, 0.29) is 5.41 Å². The molecule has 2 aromatic carbocycles. The van der Waals surface area contributed by atoms with Crippen LogP contribution in [0.15, 0.2) is 42.5 Å². The molecule has 1 heteroatoms. The average molecular weight is 378 g/mol. The fourth-order valence-electron chi connectivity index (χ4n) is 2.88. The zero-order chi connectivity index (χ0) is 14.8. The van der Waals surface area contributed by atoms with E-state index in [2.05, 4.69) is 92.8 Å². The quantitative estimate of drug-likeness (QED) is 0.589. The third kappa shape index (κ3) is 3.08. The number of halogens is 1. The number of rotatable bonds is 4. The van der Waals surface area contributed by atoms with E-state index in [1.54, 1.807) is 0 Å². The lowest BCUT2D eigenvalue weighted by atomic mass is 9.74. The summed E-state index contributed by atoms with van der Waals surface area (Å²) in [6.45, 7) is 9.16. The molecule has 0 saturated carbocycles. The Morgan fingerprint density at radius 1 is 0.950 bits per heavy atom. The predicted molar refractivity (Wildman–Crippen MR) is 96.4 cm³/mol. The first-order valence-corrected chi connectivity index (χ1v) is 8.36. The van der Waals surface area contributed by atoms with Crippen LogP contribution in [0.4, 0.5) is 0 Å². The summed E-state index contributed by atoms with van der Waals surface area (Å²) in [4.78, 5) is 0. The maximum atomic E-state index is 2.47. The molecule has 1 atom stereocenters. The smallest absolute Gasteiger partial charge is 0.0168 e. The normalized spacial score (nSPS) is 14.1. The second kappa shape index (κ2) is 6.30. The summed E-state index contributed by atoms with van der Waals surface area (Å²) in [5, 5.41) is 0. The second-order valence-electron chi connectivity index (χ2n) is 5.94. The van der Waals surface area contributed by atoms with Gasteiger partial charge >= 0.3 is 0 Å². The predicted octanol–water partition coefficient (Wildman–Crippen LogP) is 5.82. The lowest BCUT2D eigenvalue weighted by molar-refractivity contribution is 0.448. The number of hydrogen-bond acceptors (Lipinski definition) is 0. The van der Waals surface area contributed by atoms with Gasteiger partial charge in [-0.2, -0.15) is 0 Å². The molecule has 2 aromatic rings. The Bertz CT molecular complexity index is 580. The summed E-state index contributed by atoms with van der Waals surface area (Å²) in [7, 11) is 0. The Morgan fingerprint density at radius 3 is 2.10 bits per heavy atom. The third-order valence-corrected chi connectivity index (χ3v) is 5.46. The van der Waals surface area contributed by atoms with Crippen molar-refractivity contribution in [3.8, 4) is 0 Å². The molecule has 0 aromatic heterocycles.